The second kappa shape index (κ2) is 5.65. The van der Waals surface area contributed by atoms with Crippen molar-refractivity contribution < 1.29 is 9.47 Å². The topological polar surface area (TPSA) is 30.5 Å². The monoisotopic (exact) mass is 307 g/mol. The van der Waals surface area contributed by atoms with Crippen molar-refractivity contribution in [2.24, 2.45) is 5.92 Å². The van der Waals surface area contributed by atoms with Crippen molar-refractivity contribution in [3.8, 4) is 11.5 Å². The number of allylic oxidation sites excluding steroid dienone is 2. The Balaban J connectivity index is 1.75. The number of benzene rings is 2. The molecule has 118 valence electrons. The zero-order valence-electron chi connectivity index (χ0n) is 13.5. The average molecular weight is 307 g/mol. The molecule has 0 saturated carbocycles. The molecule has 0 saturated heterocycles. The van der Waals surface area contributed by atoms with Crippen LogP contribution in [0.3, 0.4) is 0 Å². The summed E-state index contributed by atoms with van der Waals surface area (Å²) in [4.78, 5) is 0. The Morgan fingerprint density at radius 2 is 1.83 bits per heavy atom. The number of rotatable bonds is 3. The van der Waals surface area contributed by atoms with E-state index in [9.17, 15) is 0 Å². The summed E-state index contributed by atoms with van der Waals surface area (Å²) in [6.45, 7) is 0. The van der Waals surface area contributed by atoms with Gasteiger partial charge in [0, 0.05) is 11.6 Å². The van der Waals surface area contributed by atoms with E-state index in [1.165, 1.54) is 16.8 Å². The Morgan fingerprint density at radius 1 is 1.00 bits per heavy atom. The van der Waals surface area contributed by atoms with Gasteiger partial charge in [-0.15, -0.1) is 0 Å². The summed E-state index contributed by atoms with van der Waals surface area (Å²) in [5.41, 5.74) is 3.89. The third-order valence-electron chi connectivity index (χ3n) is 5.04. The highest BCUT2D eigenvalue weighted by Gasteiger charge is 2.37. The van der Waals surface area contributed by atoms with E-state index < -0.39 is 0 Å². The molecular formula is C20H21NO2. The molecule has 1 aliphatic carbocycles. The number of hydrogen-bond donors (Lipinski definition) is 1. The first-order valence-corrected chi connectivity index (χ1v) is 8.06. The van der Waals surface area contributed by atoms with Crippen LogP contribution in [0.15, 0.2) is 54.6 Å². The van der Waals surface area contributed by atoms with E-state index in [2.05, 4.69) is 53.9 Å². The minimum absolute atomic E-state index is 0.282. The van der Waals surface area contributed by atoms with Gasteiger partial charge >= 0.3 is 0 Å². The van der Waals surface area contributed by atoms with E-state index in [1.807, 2.05) is 6.07 Å². The zero-order valence-corrected chi connectivity index (χ0v) is 13.5. The summed E-state index contributed by atoms with van der Waals surface area (Å²) in [6.07, 6.45) is 5.77. The fourth-order valence-corrected chi connectivity index (χ4v) is 3.92. The molecule has 4 rings (SSSR count). The van der Waals surface area contributed by atoms with Crippen LogP contribution < -0.4 is 14.8 Å². The standard InChI is InChI=1S/C20H21NO2/c1-22-18-11-10-13(12-19(18)23-2)20-16-8-5-7-14(16)15-6-3-4-9-17(15)21-20/h3-7,9-12,14,16,20-21H,8H2,1-2H3. The van der Waals surface area contributed by atoms with E-state index >= 15 is 0 Å². The van der Waals surface area contributed by atoms with Crippen molar-refractivity contribution in [2.45, 2.75) is 18.4 Å². The minimum Gasteiger partial charge on any atom is -0.493 e. The molecule has 1 N–H and O–H groups in total. The fourth-order valence-electron chi connectivity index (χ4n) is 3.92. The fraction of sp³-hybridized carbons (Fsp3) is 0.300. The van der Waals surface area contributed by atoms with Crippen LogP contribution in [0.25, 0.3) is 0 Å². The lowest BCUT2D eigenvalue weighted by atomic mass is 9.77. The number of ether oxygens (including phenoxy) is 2. The number of methoxy groups -OCH3 is 2. The maximum Gasteiger partial charge on any atom is 0.161 e. The van der Waals surface area contributed by atoms with Crippen molar-refractivity contribution in [2.75, 3.05) is 19.5 Å². The van der Waals surface area contributed by atoms with E-state index in [0.717, 1.165) is 17.9 Å². The molecule has 0 amide bonds. The molecule has 0 radical (unpaired) electrons. The molecule has 2 aliphatic rings. The van der Waals surface area contributed by atoms with Crippen molar-refractivity contribution in [3.63, 3.8) is 0 Å². The smallest absolute Gasteiger partial charge is 0.161 e. The van der Waals surface area contributed by atoms with Gasteiger partial charge in [-0.3, -0.25) is 0 Å². The highest BCUT2D eigenvalue weighted by molar-refractivity contribution is 5.60. The van der Waals surface area contributed by atoms with Gasteiger partial charge < -0.3 is 14.8 Å². The Hall–Kier alpha value is -2.42. The second-order valence-corrected chi connectivity index (χ2v) is 6.18. The highest BCUT2D eigenvalue weighted by atomic mass is 16.5. The van der Waals surface area contributed by atoms with Gasteiger partial charge in [0.05, 0.1) is 20.3 Å². The predicted molar refractivity (Wildman–Crippen MR) is 92.3 cm³/mol. The molecule has 1 aliphatic heterocycles. The summed E-state index contributed by atoms with van der Waals surface area (Å²) in [5, 5.41) is 3.74. The third-order valence-corrected chi connectivity index (χ3v) is 5.04. The van der Waals surface area contributed by atoms with Gasteiger partial charge in [-0.1, -0.05) is 36.4 Å². The summed E-state index contributed by atoms with van der Waals surface area (Å²) in [6, 6.07) is 15.1. The van der Waals surface area contributed by atoms with Gasteiger partial charge in [0.25, 0.3) is 0 Å². The summed E-state index contributed by atoms with van der Waals surface area (Å²) >= 11 is 0. The first-order chi connectivity index (χ1) is 11.3. The predicted octanol–water partition coefficient (Wildman–Crippen LogP) is 4.53. The molecule has 0 aromatic heterocycles. The first-order valence-electron chi connectivity index (χ1n) is 8.06. The van der Waals surface area contributed by atoms with Gasteiger partial charge in [0.2, 0.25) is 0 Å². The van der Waals surface area contributed by atoms with Gasteiger partial charge in [0.15, 0.2) is 11.5 Å². The van der Waals surface area contributed by atoms with Gasteiger partial charge in [-0.2, -0.15) is 0 Å². The lowest BCUT2D eigenvalue weighted by Gasteiger charge is -2.37. The average Bonchev–Trinajstić information content (AvgIpc) is 3.10. The van der Waals surface area contributed by atoms with Crippen LogP contribution in [0.1, 0.15) is 29.5 Å². The highest BCUT2D eigenvalue weighted by Crippen LogP contribution is 2.50. The molecule has 23 heavy (non-hydrogen) atoms. The molecule has 0 fully saturated rings. The molecule has 3 nitrogen and oxygen atoms in total. The summed E-state index contributed by atoms with van der Waals surface area (Å²) in [5.74, 6) is 2.59. The SMILES string of the molecule is COc1ccc(C2Nc3ccccc3C3C=CCC32)cc1OC. The van der Waals surface area contributed by atoms with E-state index in [0.29, 0.717) is 11.8 Å². The normalized spacial score (nSPS) is 24.5. The Kier molecular flexibility index (Phi) is 3.49. The lowest BCUT2D eigenvalue weighted by Crippen LogP contribution is -2.29. The Bertz CT molecular complexity index is 753. The molecule has 3 heteroatoms. The maximum absolute atomic E-state index is 5.48. The van der Waals surface area contributed by atoms with Crippen molar-refractivity contribution in [3.05, 3.63) is 65.7 Å². The Labute approximate surface area is 136 Å². The maximum atomic E-state index is 5.48. The number of anilines is 1. The van der Waals surface area contributed by atoms with Crippen molar-refractivity contribution in [1.29, 1.82) is 0 Å². The lowest BCUT2D eigenvalue weighted by molar-refractivity contribution is 0.353. The van der Waals surface area contributed by atoms with Crippen molar-refractivity contribution >= 4 is 5.69 Å². The van der Waals surface area contributed by atoms with Crippen LogP contribution in [0.2, 0.25) is 0 Å². The van der Waals surface area contributed by atoms with Crippen LogP contribution >= 0.6 is 0 Å². The molecule has 3 atom stereocenters. The molecule has 0 bridgehead atoms. The van der Waals surface area contributed by atoms with Crippen LogP contribution in [0.4, 0.5) is 5.69 Å². The molecule has 2 aromatic carbocycles. The number of para-hydroxylation sites is 1. The van der Waals surface area contributed by atoms with Gasteiger partial charge in [-0.25, -0.2) is 0 Å². The number of hydrogen-bond acceptors (Lipinski definition) is 3. The molecule has 3 unspecified atom stereocenters. The van der Waals surface area contributed by atoms with Gasteiger partial charge in [-0.05, 0) is 41.7 Å². The van der Waals surface area contributed by atoms with Crippen molar-refractivity contribution in [1.82, 2.24) is 0 Å². The van der Waals surface area contributed by atoms with E-state index in [1.54, 1.807) is 14.2 Å². The zero-order chi connectivity index (χ0) is 15.8. The third kappa shape index (κ3) is 2.27. The van der Waals surface area contributed by atoms with E-state index in [4.69, 9.17) is 9.47 Å². The molecular weight excluding hydrogens is 286 g/mol. The van der Waals surface area contributed by atoms with E-state index in [-0.39, 0.29) is 6.04 Å². The Morgan fingerprint density at radius 3 is 2.65 bits per heavy atom. The molecule has 1 heterocycles. The summed E-state index contributed by atoms with van der Waals surface area (Å²) in [7, 11) is 3.36. The quantitative estimate of drug-likeness (QED) is 0.845. The first kappa shape index (κ1) is 14.2. The largest absolute Gasteiger partial charge is 0.493 e. The number of fused-ring (bicyclic) bond motifs is 3. The summed E-state index contributed by atoms with van der Waals surface area (Å²) < 4.78 is 10.8. The second-order valence-electron chi connectivity index (χ2n) is 6.18. The number of nitrogens with one attached hydrogen (secondary N) is 1. The van der Waals surface area contributed by atoms with Crippen LogP contribution in [0, 0.1) is 5.92 Å². The van der Waals surface area contributed by atoms with Crippen LogP contribution in [0.5, 0.6) is 11.5 Å². The van der Waals surface area contributed by atoms with Crippen LogP contribution in [-0.4, -0.2) is 14.2 Å². The minimum atomic E-state index is 0.282. The van der Waals surface area contributed by atoms with Crippen LogP contribution in [-0.2, 0) is 0 Å². The molecule has 2 aromatic rings. The van der Waals surface area contributed by atoms with Gasteiger partial charge in [0.1, 0.15) is 0 Å². The molecule has 0 spiro atoms.